The molecule has 0 radical (unpaired) electrons. The molecule has 4 rings (SSSR count). The molecule has 0 amide bonds. The fraction of sp³-hybridized carbons (Fsp3) is 0.357. The van der Waals surface area contributed by atoms with Crippen molar-refractivity contribution in [3.05, 3.63) is 29.6 Å². The Balaban J connectivity index is 1.78. The van der Waals surface area contributed by atoms with Crippen molar-refractivity contribution in [3.63, 3.8) is 0 Å². The second kappa shape index (κ2) is 4.78. The lowest BCUT2D eigenvalue weighted by Crippen LogP contribution is -2.04. The third kappa shape index (κ3) is 2.09. The van der Waals surface area contributed by atoms with Gasteiger partial charge in [0.2, 0.25) is 4.96 Å². The van der Waals surface area contributed by atoms with Crippen LogP contribution in [-0.4, -0.2) is 33.0 Å². The lowest BCUT2D eigenvalue weighted by molar-refractivity contribution is 0.193. The van der Waals surface area contributed by atoms with Gasteiger partial charge >= 0.3 is 0 Å². The lowest BCUT2D eigenvalue weighted by atomic mass is 10.1. The van der Waals surface area contributed by atoms with Crippen molar-refractivity contribution >= 4 is 22.0 Å². The van der Waals surface area contributed by atoms with Crippen LogP contribution < -0.4 is 5.73 Å². The van der Waals surface area contributed by atoms with Gasteiger partial charge in [-0.2, -0.15) is 9.61 Å². The van der Waals surface area contributed by atoms with Crippen molar-refractivity contribution in [1.82, 2.24) is 19.8 Å². The molecule has 7 heteroatoms. The smallest absolute Gasteiger partial charge is 0.234 e. The minimum Gasteiger partial charge on any atom is -0.398 e. The average molecular weight is 301 g/mol. The number of aryl methyl sites for hydroxylation is 1. The number of anilines is 1. The maximum Gasteiger partial charge on any atom is 0.234 e. The first-order valence-electron chi connectivity index (χ1n) is 6.89. The Kier molecular flexibility index (Phi) is 2.90. The van der Waals surface area contributed by atoms with Crippen LogP contribution in [0.3, 0.4) is 0 Å². The second-order valence-corrected chi connectivity index (χ2v) is 6.25. The molecule has 2 aromatic heterocycles. The topological polar surface area (TPSA) is 78.3 Å². The summed E-state index contributed by atoms with van der Waals surface area (Å²) in [5, 5.41) is 14.1. The number of ether oxygens (including phenoxy) is 1. The number of nitrogens with zero attached hydrogens (tertiary/aromatic N) is 4. The minimum absolute atomic E-state index is 0.290. The van der Waals surface area contributed by atoms with Crippen molar-refractivity contribution in [2.45, 2.75) is 19.3 Å². The van der Waals surface area contributed by atoms with Gasteiger partial charge in [0.05, 0.1) is 6.61 Å². The van der Waals surface area contributed by atoms with Gasteiger partial charge in [-0.15, -0.1) is 10.2 Å². The van der Waals surface area contributed by atoms with E-state index in [1.807, 2.05) is 29.6 Å². The first-order chi connectivity index (χ1) is 10.2. The van der Waals surface area contributed by atoms with E-state index in [1.54, 1.807) is 0 Å². The zero-order valence-corrected chi connectivity index (χ0v) is 12.4. The van der Waals surface area contributed by atoms with E-state index in [-0.39, 0.29) is 5.92 Å². The van der Waals surface area contributed by atoms with Crippen LogP contribution in [0, 0.1) is 6.92 Å². The molecular formula is C14H15N5OS. The van der Waals surface area contributed by atoms with Crippen LogP contribution in [0.15, 0.2) is 18.2 Å². The molecule has 1 saturated heterocycles. The molecule has 1 fully saturated rings. The van der Waals surface area contributed by atoms with E-state index in [0.29, 0.717) is 6.61 Å². The molecule has 1 atom stereocenters. The zero-order valence-electron chi connectivity index (χ0n) is 11.6. The monoisotopic (exact) mass is 301 g/mol. The van der Waals surface area contributed by atoms with E-state index in [0.717, 1.165) is 45.6 Å². The van der Waals surface area contributed by atoms with Crippen molar-refractivity contribution in [2.75, 3.05) is 18.9 Å². The largest absolute Gasteiger partial charge is 0.398 e. The Morgan fingerprint density at radius 1 is 1.38 bits per heavy atom. The van der Waals surface area contributed by atoms with Crippen LogP contribution in [0.1, 0.15) is 23.7 Å². The number of fused-ring (bicyclic) bond motifs is 1. The van der Waals surface area contributed by atoms with Crippen molar-refractivity contribution in [2.24, 2.45) is 0 Å². The molecular weight excluding hydrogens is 286 g/mol. The van der Waals surface area contributed by atoms with Gasteiger partial charge < -0.3 is 10.5 Å². The summed E-state index contributed by atoms with van der Waals surface area (Å²) in [5.74, 6) is 1.18. The lowest BCUT2D eigenvalue weighted by Gasteiger charge is -2.03. The number of aromatic nitrogens is 4. The fourth-order valence-electron chi connectivity index (χ4n) is 2.51. The van der Waals surface area contributed by atoms with Crippen molar-refractivity contribution < 1.29 is 4.74 Å². The summed E-state index contributed by atoms with van der Waals surface area (Å²) in [6.07, 6.45) is 0.977. The van der Waals surface area contributed by atoms with Crippen LogP contribution in [0.5, 0.6) is 0 Å². The predicted molar refractivity (Wildman–Crippen MR) is 81.4 cm³/mol. The number of nitrogen functional groups attached to an aromatic ring is 1. The molecule has 108 valence electrons. The number of hydrogen-bond acceptors (Lipinski definition) is 6. The van der Waals surface area contributed by atoms with Gasteiger partial charge in [-0.1, -0.05) is 23.5 Å². The predicted octanol–water partition coefficient (Wildman–Crippen LogP) is 2.25. The Morgan fingerprint density at radius 2 is 2.29 bits per heavy atom. The van der Waals surface area contributed by atoms with Gasteiger partial charge in [0.1, 0.15) is 5.01 Å². The van der Waals surface area contributed by atoms with E-state index < -0.39 is 0 Å². The molecule has 1 aliphatic rings. The molecule has 0 bridgehead atoms. The average Bonchev–Trinajstić information content (AvgIpc) is 3.16. The summed E-state index contributed by atoms with van der Waals surface area (Å²) in [7, 11) is 0. The number of benzene rings is 1. The molecule has 2 N–H and O–H groups in total. The van der Waals surface area contributed by atoms with Gasteiger partial charge in [-0.05, 0) is 25.0 Å². The highest BCUT2D eigenvalue weighted by atomic mass is 32.1. The third-order valence-electron chi connectivity index (χ3n) is 3.84. The Bertz CT molecular complexity index is 803. The molecule has 0 aliphatic carbocycles. The molecule has 3 heterocycles. The first-order valence-corrected chi connectivity index (χ1v) is 7.70. The molecule has 6 nitrogen and oxygen atoms in total. The SMILES string of the molecule is Cc1ccc(-c2nn3c(C4CCOC4)nnc3s2)cc1N. The highest BCUT2D eigenvalue weighted by Gasteiger charge is 2.25. The van der Waals surface area contributed by atoms with E-state index in [4.69, 9.17) is 10.5 Å². The van der Waals surface area contributed by atoms with Gasteiger partial charge in [0, 0.05) is 23.8 Å². The maximum atomic E-state index is 5.98. The minimum atomic E-state index is 0.290. The highest BCUT2D eigenvalue weighted by Crippen LogP contribution is 2.30. The van der Waals surface area contributed by atoms with E-state index in [9.17, 15) is 0 Å². The molecule has 0 saturated carbocycles. The molecule has 1 aromatic carbocycles. The molecule has 21 heavy (non-hydrogen) atoms. The molecule has 1 unspecified atom stereocenters. The Labute approximate surface area is 125 Å². The van der Waals surface area contributed by atoms with Gasteiger partial charge in [-0.3, -0.25) is 0 Å². The molecule has 3 aromatic rings. The zero-order chi connectivity index (χ0) is 14.4. The van der Waals surface area contributed by atoms with Gasteiger partial charge in [0.15, 0.2) is 5.82 Å². The van der Waals surface area contributed by atoms with Crippen LogP contribution >= 0.6 is 11.3 Å². The van der Waals surface area contributed by atoms with E-state index >= 15 is 0 Å². The summed E-state index contributed by atoms with van der Waals surface area (Å²) in [6.45, 7) is 3.48. The quantitative estimate of drug-likeness (QED) is 0.734. The normalized spacial score (nSPS) is 18.6. The number of hydrogen-bond donors (Lipinski definition) is 1. The van der Waals surface area contributed by atoms with Gasteiger partial charge in [-0.25, -0.2) is 0 Å². The second-order valence-electron chi connectivity index (χ2n) is 5.29. The summed E-state index contributed by atoms with van der Waals surface area (Å²) >= 11 is 1.53. The summed E-state index contributed by atoms with van der Waals surface area (Å²) in [4.78, 5) is 0.811. The summed E-state index contributed by atoms with van der Waals surface area (Å²) in [6, 6.07) is 6.01. The van der Waals surface area contributed by atoms with Crippen LogP contribution in [0.2, 0.25) is 0 Å². The standard InChI is InChI=1S/C14H15N5OS/c1-8-2-3-9(6-11(8)15)13-18-19-12(10-4-5-20-7-10)16-17-14(19)21-13/h2-3,6,10H,4-5,7,15H2,1H3. The Hall–Kier alpha value is -1.99. The Morgan fingerprint density at radius 3 is 3.05 bits per heavy atom. The number of rotatable bonds is 2. The fourth-order valence-corrected chi connectivity index (χ4v) is 3.36. The molecule has 0 spiro atoms. The maximum absolute atomic E-state index is 5.98. The highest BCUT2D eigenvalue weighted by molar-refractivity contribution is 7.19. The van der Waals surface area contributed by atoms with Crippen LogP contribution in [0.4, 0.5) is 5.69 Å². The van der Waals surface area contributed by atoms with Gasteiger partial charge in [0.25, 0.3) is 0 Å². The summed E-state index contributed by atoms with van der Waals surface area (Å²) < 4.78 is 7.27. The van der Waals surface area contributed by atoms with Crippen LogP contribution in [-0.2, 0) is 4.74 Å². The van der Waals surface area contributed by atoms with Crippen molar-refractivity contribution in [3.8, 4) is 10.6 Å². The summed E-state index contributed by atoms with van der Waals surface area (Å²) in [5.41, 5.74) is 8.85. The van der Waals surface area contributed by atoms with E-state index in [1.165, 1.54) is 11.3 Å². The van der Waals surface area contributed by atoms with Crippen molar-refractivity contribution in [1.29, 1.82) is 0 Å². The van der Waals surface area contributed by atoms with Crippen LogP contribution in [0.25, 0.3) is 15.5 Å². The first kappa shape index (κ1) is 12.7. The third-order valence-corrected chi connectivity index (χ3v) is 4.78. The molecule has 1 aliphatic heterocycles. The number of nitrogens with two attached hydrogens (primary N) is 1. The van der Waals surface area contributed by atoms with E-state index in [2.05, 4.69) is 15.3 Å².